The van der Waals surface area contributed by atoms with Crippen molar-refractivity contribution >= 4 is 5.91 Å². The Labute approximate surface area is 174 Å². The van der Waals surface area contributed by atoms with Gasteiger partial charge in [-0.05, 0) is 36.2 Å². The number of carbonyl (C=O) groups is 1. The maximum Gasteiger partial charge on any atom is 0.272 e. The molecule has 2 aromatic heterocycles. The molecular formula is C22H23N5O3. The topological polar surface area (TPSA) is 113 Å². The molecule has 0 bridgehead atoms. The standard InChI is InChI=1S/C22H23N5O3/c1-3-4-18(14-30-2)25-21(28)17-9-10-20(24-12-17)27-13-19(22(29)26-27)16-7-5-15(11-23)6-8-16/h5-10,12-13,18H,3-4,14H2,1-2H3,(H,25,28)(H,26,29). The lowest BCUT2D eigenvalue weighted by Crippen LogP contribution is -2.38. The monoisotopic (exact) mass is 405 g/mol. The Morgan fingerprint density at radius 3 is 2.67 bits per heavy atom. The lowest BCUT2D eigenvalue weighted by molar-refractivity contribution is 0.0891. The first kappa shape index (κ1) is 21.0. The summed E-state index contributed by atoms with van der Waals surface area (Å²) in [7, 11) is 1.61. The fourth-order valence-corrected chi connectivity index (χ4v) is 3.12. The van der Waals surface area contributed by atoms with Crippen LogP contribution in [-0.4, -0.2) is 40.4 Å². The highest BCUT2D eigenvalue weighted by Crippen LogP contribution is 2.17. The van der Waals surface area contributed by atoms with Gasteiger partial charge in [0.25, 0.3) is 11.5 Å². The summed E-state index contributed by atoms with van der Waals surface area (Å²) in [6.45, 7) is 2.50. The van der Waals surface area contributed by atoms with Crippen molar-refractivity contribution in [2.75, 3.05) is 13.7 Å². The van der Waals surface area contributed by atoms with Gasteiger partial charge in [-0.25, -0.2) is 9.67 Å². The van der Waals surface area contributed by atoms with E-state index in [9.17, 15) is 9.59 Å². The van der Waals surface area contributed by atoms with E-state index in [1.807, 2.05) is 0 Å². The molecule has 0 aliphatic rings. The molecule has 3 aromatic rings. The van der Waals surface area contributed by atoms with Crippen molar-refractivity contribution in [3.05, 3.63) is 70.3 Å². The van der Waals surface area contributed by atoms with Crippen LogP contribution in [0, 0.1) is 11.3 Å². The van der Waals surface area contributed by atoms with Crippen LogP contribution in [-0.2, 0) is 4.74 Å². The van der Waals surface area contributed by atoms with Gasteiger partial charge in [-0.3, -0.25) is 14.7 Å². The number of aromatic amines is 1. The van der Waals surface area contributed by atoms with Crippen LogP contribution < -0.4 is 10.9 Å². The van der Waals surface area contributed by atoms with Crippen LogP contribution in [0.4, 0.5) is 0 Å². The molecule has 1 aromatic carbocycles. The van der Waals surface area contributed by atoms with Gasteiger partial charge in [-0.15, -0.1) is 0 Å². The SMILES string of the molecule is CCCC(COC)NC(=O)c1ccc(-n2cc(-c3ccc(C#N)cc3)c(=O)[nH]2)nc1. The maximum atomic E-state index is 12.5. The molecule has 1 atom stereocenters. The van der Waals surface area contributed by atoms with Crippen LogP contribution in [0.1, 0.15) is 35.7 Å². The summed E-state index contributed by atoms with van der Waals surface area (Å²) in [5.74, 6) is 0.259. The first-order valence-electron chi connectivity index (χ1n) is 9.64. The summed E-state index contributed by atoms with van der Waals surface area (Å²) in [6.07, 6.45) is 4.88. The fourth-order valence-electron chi connectivity index (χ4n) is 3.12. The van der Waals surface area contributed by atoms with Crippen LogP contribution in [0.5, 0.6) is 0 Å². The van der Waals surface area contributed by atoms with E-state index < -0.39 is 0 Å². The minimum atomic E-state index is -0.273. The highest BCUT2D eigenvalue weighted by molar-refractivity contribution is 5.94. The summed E-state index contributed by atoms with van der Waals surface area (Å²) in [6, 6.07) is 12.1. The third-order valence-corrected chi connectivity index (χ3v) is 4.65. The van der Waals surface area contributed by atoms with Crippen molar-refractivity contribution in [2.24, 2.45) is 0 Å². The summed E-state index contributed by atoms with van der Waals surface area (Å²) in [5, 5.41) is 14.6. The second-order valence-corrected chi connectivity index (χ2v) is 6.86. The Morgan fingerprint density at radius 1 is 1.30 bits per heavy atom. The lowest BCUT2D eigenvalue weighted by atomic mass is 10.1. The quantitative estimate of drug-likeness (QED) is 0.598. The van der Waals surface area contributed by atoms with Crippen molar-refractivity contribution in [1.82, 2.24) is 20.1 Å². The fraction of sp³-hybridized carbons (Fsp3) is 0.273. The second-order valence-electron chi connectivity index (χ2n) is 6.86. The normalized spacial score (nSPS) is 11.6. The van der Waals surface area contributed by atoms with E-state index in [1.165, 1.54) is 10.9 Å². The zero-order valence-electron chi connectivity index (χ0n) is 16.9. The van der Waals surface area contributed by atoms with Crippen LogP contribution >= 0.6 is 0 Å². The van der Waals surface area contributed by atoms with Crippen LogP contribution in [0.2, 0.25) is 0 Å². The molecule has 0 spiro atoms. The van der Waals surface area contributed by atoms with E-state index in [0.29, 0.717) is 34.7 Å². The smallest absolute Gasteiger partial charge is 0.272 e. The molecule has 0 aliphatic heterocycles. The number of benzene rings is 1. The summed E-state index contributed by atoms with van der Waals surface area (Å²) in [4.78, 5) is 29.1. The number of hydrogen-bond donors (Lipinski definition) is 2. The van der Waals surface area contributed by atoms with Gasteiger partial charge in [0.2, 0.25) is 0 Å². The predicted molar refractivity (Wildman–Crippen MR) is 112 cm³/mol. The average Bonchev–Trinajstić information content (AvgIpc) is 3.16. The minimum Gasteiger partial charge on any atom is -0.383 e. The van der Waals surface area contributed by atoms with Gasteiger partial charge in [0.05, 0.1) is 35.4 Å². The van der Waals surface area contributed by atoms with E-state index in [2.05, 4.69) is 28.4 Å². The molecule has 0 saturated heterocycles. The molecule has 0 fully saturated rings. The van der Waals surface area contributed by atoms with E-state index >= 15 is 0 Å². The van der Waals surface area contributed by atoms with Gasteiger partial charge >= 0.3 is 0 Å². The van der Waals surface area contributed by atoms with Gasteiger partial charge in [0.1, 0.15) is 0 Å². The number of carbonyl (C=O) groups excluding carboxylic acids is 1. The van der Waals surface area contributed by atoms with Crippen molar-refractivity contribution in [2.45, 2.75) is 25.8 Å². The van der Waals surface area contributed by atoms with Crippen molar-refractivity contribution < 1.29 is 9.53 Å². The number of methoxy groups -OCH3 is 1. The lowest BCUT2D eigenvalue weighted by Gasteiger charge is -2.17. The zero-order chi connectivity index (χ0) is 21.5. The first-order valence-corrected chi connectivity index (χ1v) is 9.64. The van der Waals surface area contributed by atoms with E-state index in [1.54, 1.807) is 49.7 Å². The Balaban J connectivity index is 1.77. The number of nitrogens with one attached hydrogen (secondary N) is 2. The molecule has 1 amide bonds. The molecule has 3 rings (SSSR count). The van der Waals surface area contributed by atoms with Gasteiger partial charge in [-0.1, -0.05) is 25.5 Å². The number of ether oxygens (including phenoxy) is 1. The first-order chi connectivity index (χ1) is 14.5. The van der Waals surface area contributed by atoms with Crippen LogP contribution in [0.25, 0.3) is 16.9 Å². The van der Waals surface area contributed by atoms with E-state index in [0.717, 1.165) is 12.8 Å². The molecular weight excluding hydrogens is 382 g/mol. The average molecular weight is 405 g/mol. The van der Waals surface area contributed by atoms with E-state index in [4.69, 9.17) is 10.00 Å². The highest BCUT2D eigenvalue weighted by Gasteiger charge is 2.14. The molecule has 154 valence electrons. The molecule has 8 nitrogen and oxygen atoms in total. The van der Waals surface area contributed by atoms with Gasteiger partial charge < -0.3 is 10.1 Å². The maximum absolute atomic E-state index is 12.5. The van der Waals surface area contributed by atoms with Gasteiger partial charge in [0, 0.05) is 19.5 Å². The molecule has 0 radical (unpaired) electrons. The van der Waals surface area contributed by atoms with Crippen LogP contribution in [0.3, 0.4) is 0 Å². The molecule has 0 saturated carbocycles. The van der Waals surface area contributed by atoms with Crippen molar-refractivity contribution in [1.29, 1.82) is 5.26 Å². The highest BCUT2D eigenvalue weighted by atomic mass is 16.5. The van der Waals surface area contributed by atoms with Gasteiger partial charge in [-0.2, -0.15) is 5.26 Å². The summed E-state index contributed by atoms with van der Waals surface area (Å²) >= 11 is 0. The minimum absolute atomic E-state index is 0.0528. The van der Waals surface area contributed by atoms with Crippen molar-refractivity contribution in [3.63, 3.8) is 0 Å². The molecule has 8 heteroatoms. The Kier molecular flexibility index (Phi) is 6.78. The third kappa shape index (κ3) is 4.82. The molecule has 30 heavy (non-hydrogen) atoms. The number of pyridine rings is 1. The molecule has 1 unspecified atom stereocenters. The Morgan fingerprint density at radius 2 is 2.07 bits per heavy atom. The number of nitrogens with zero attached hydrogens (tertiary/aromatic N) is 3. The largest absolute Gasteiger partial charge is 0.383 e. The van der Waals surface area contributed by atoms with Gasteiger partial charge in [0.15, 0.2) is 5.82 Å². The third-order valence-electron chi connectivity index (χ3n) is 4.65. The van der Waals surface area contributed by atoms with Crippen LogP contribution in [0.15, 0.2) is 53.6 Å². The zero-order valence-corrected chi connectivity index (χ0v) is 16.9. The molecule has 2 N–H and O–H groups in total. The number of hydrogen-bond acceptors (Lipinski definition) is 5. The molecule has 2 heterocycles. The Bertz CT molecular complexity index is 1090. The number of aromatic nitrogens is 3. The Hall–Kier alpha value is -3.70. The number of rotatable bonds is 8. The second kappa shape index (κ2) is 9.67. The molecule has 0 aliphatic carbocycles. The number of amides is 1. The van der Waals surface area contributed by atoms with E-state index in [-0.39, 0.29) is 17.5 Å². The number of nitriles is 1. The number of H-pyrrole nitrogens is 1. The van der Waals surface area contributed by atoms with Crippen molar-refractivity contribution in [3.8, 4) is 23.0 Å². The summed E-state index contributed by atoms with van der Waals surface area (Å²) < 4.78 is 6.65. The summed E-state index contributed by atoms with van der Waals surface area (Å²) in [5.41, 5.74) is 1.84. The predicted octanol–water partition coefficient (Wildman–Crippen LogP) is 2.64.